The maximum absolute atomic E-state index is 10.3. The van der Waals surface area contributed by atoms with Gasteiger partial charge in [0.25, 0.3) is 0 Å². The summed E-state index contributed by atoms with van der Waals surface area (Å²) in [6.45, 7) is 0. The lowest BCUT2D eigenvalue weighted by molar-refractivity contribution is -0.524. The van der Waals surface area contributed by atoms with Gasteiger partial charge in [0.1, 0.15) is 0 Å². The lowest BCUT2D eigenvalue weighted by Crippen LogP contribution is -2.17. The molecule has 0 radical (unpaired) electrons. The highest BCUT2D eigenvalue weighted by Gasteiger charge is 2.20. The van der Waals surface area contributed by atoms with E-state index in [9.17, 15) is 10.1 Å². The third-order valence-corrected chi connectivity index (χ3v) is 2.12. The van der Waals surface area contributed by atoms with Crippen molar-refractivity contribution in [3.63, 3.8) is 0 Å². The van der Waals surface area contributed by atoms with Gasteiger partial charge in [-0.25, -0.2) is 0 Å². The van der Waals surface area contributed by atoms with Crippen molar-refractivity contribution in [1.29, 1.82) is 0 Å². The summed E-state index contributed by atoms with van der Waals surface area (Å²) in [6.07, 6.45) is 6.06. The van der Waals surface area contributed by atoms with E-state index < -0.39 is 0 Å². The topological polar surface area (TPSA) is 43.1 Å². The summed E-state index contributed by atoms with van der Waals surface area (Å²) in [5.41, 5.74) is 0. The molecule has 0 spiro atoms. The molecule has 1 aliphatic carbocycles. The van der Waals surface area contributed by atoms with Crippen molar-refractivity contribution in [2.45, 2.75) is 44.6 Å². The Morgan fingerprint density at radius 2 is 1.60 bits per heavy atom. The SMILES string of the molecule is O=[N+]([O-])C1CCCCCC1. The average Bonchev–Trinajstić information content (AvgIpc) is 2.12. The summed E-state index contributed by atoms with van der Waals surface area (Å²) in [4.78, 5) is 10.2. The number of nitrogens with zero attached hydrogens (tertiary/aromatic N) is 1. The highest BCUT2D eigenvalue weighted by molar-refractivity contribution is 4.62. The van der Waals surface area contributed by atoms with Crippen LogP contribution in [0.5, 0.6) is 0 Å². The number of hydrogen-bond acceptors (Lipinski definition) is 2. The normalized spacial score (nSPS) is 22.0. The molecule has 0 aromatic heterocycles. The van der Waals surface area contributed by atoms with Crippen LogP contribution < -0.4 is 0 Å². The standard InChI is InChI=1S/C7H13NO2/c9-8(10)7-5-3-1-2-4-6-7/h7H,1-6H2. The van der Waals surface area contributed by atoms with Crippen LogP contribution in [0.1, 0.15) is 38.5 Å². The minimum absolute atomic E-state index is 0.120. The van der Waals surface area contributed by atoms with Crippen molar-refractivity contribution in [3.05, 3.63) is 10.1 Å². The first-order valence-electron chi connectivity index (χ1n) is 3.94. The van der Waals surface area contributed by atoms with Crippen LogP contribution in [0.3, 0.4) is 0 Å². The first-order valence-corrected chi connectivity index (χ1v) is 3.94. The third-order valence-electron chi connectivity index (χ3n) is 2.12. The monoisotopic (exact) mass is 143 g/mol. The lowest BCUT2D eigenvalue weighted by Gasteiger charge is -2.02. The fraction of sp³-hybridized carbons (Fsp3) is 1.00. The molecule has 0 heterocycles. The molecule has 1 aliphatic rings. The summed E-state index contributed by atoms with van der Waals surface area (Å²) in [7, 11) is 0. The summed E-state index contributed by atoms with van der Waals surface area (Å²) in [5, 5.41) is 10.3. The Hall–Kier alpha value is -0.600. The zero-order valence-electron chi connectivity index (χ0n) is 6.08. The Balaban J connectivity index is 2.35. The first-order chi connectivity index (χ1) is 4.80. The minimum Gasteiger partial charge on any atom is -0.264 e. The van der Waals surface area contributed by atoms with E-state index in [2.05, 4.69) is 0 Å². The molecule has 1 rings (SSSR count). The van der Waals surface area contributed by atoms with Crippen LogP contribution in [-0.2, 0) is 0 Å². The summed E-state index contributed by atoms with van der Waals surface area (Å²) in [5.74, 6) is 0. The number of nitro groups is 1. The molecule has 3 nitrogen and oxygen atoms in total. The van der Waals surface area contributed by atoms with Crippen LogP contribution in [-0.4, -0.2) is 11.0 Å². The predicted octanol–water partition coefficient (Wildman–Crippen LogP) is 1.99. The zero-order chi connectivity index (χ0) is 7.40. The van der Waals surface area contributed by atoms with Crippen molar-refractivity contribution in [3.8, 4) is 0 Å². The van der Waals surface area contributed by atoms with Crippen molar-refractivity contribution >= 4 is 0 Å². The van der Waals surface area contributed by atoms with Crippen LogP contribution >= 0.6 is 0 Å². The van der Waals surface area contributed by atoms with Crippen LogP contribution in [0.2, 0.25) is 0 Å². The van der Waals surface area contributed by atoms with Gasteiger partial charge < -0.3 is 0 Å². The minimum atomic E-state index is -0.234. The van der Waals surface area contributed by atoms with Crippen molar-refractivity contribution in [1.82, 2.24) is 0 Å². The van der Waals surface area contributed by atoms with Crippen LogP contribution in [0.15, 0.2) is 0 Å². The van der Waals surface area contributed by atoms with Crippen molar-refractivity contribution in [2.24, 2.45) is 0 Å². The quantitative estimate of drug-likeness (QED) is 0.320. The maximum Gasteiger partial charge on any atom is 0.213 e. The second-order valence-corrected chi connectivity index (χ2v) is 2.93. The van der Waals surface area contributed by atoms with E-state index in [0.717, 1.165) is 25.7 Å². The Labute approximate surface area is 60.6 Å². The van der Waals surface area contributed by atoms with E-state index in [-0.39, 0.29) is 11.0 Å². The Morgan fingerprint density at radius 3 is 2.00 bits per heavy atom. The number of rotatable bonds is 1. The van der Waals surface area contributed by atoms with E-state index in [1.807, 2.05) is 0 Å². The summed E-state index contributed by atoms with van der Waals surface area (Å²) >= 11 is 0. The Bertz CT molecular complexity index is 117. The Morgan fingerprint density at radius 1 is 1.10 bits per heavy atom. The molecular formula is C7H13NO2. The fourth-order valence-electron chi connectivity index (χ4n) is 1.47. The van der Waals surface area contributed by atoms with E-state index in [1.54, 1.807) is 0 Å². The van der Waals surface area contributed by atoms with Gasteiger partial charge in [0.05, 0.1) is 0 Å². The van der Waals surface area contributed by atoms with E-state index >= 15 is 0 Å². The van der Waals surface area contributed by atoms with Gasteiger partial charge in [-0.1, -0.05) is 12.8 Å². The molecule has 0 aromatic rings. The van der Waals surface area contributed by atoms with Gasteiger partial charge in [-0.15, -0.1) is 0 Å². The van der Waals surface area contributed by atoms with Gasteiger partial charge in [-0.2, -0.15) is 0 Å². The highest BCUT2D eigenvalue weighted by Crippen LogP contribution is 2.18. The molecular weight excluding hydrogens is 130 g/mol. The van der Waals surface area contributed by atoms with Crippen LogP contribution in [0.25, 0.3) is 0 Å². The lowest BCUT2D eigenvalue weighted by atomic mass is 10.1. The molecule has 0 unspecified atom stereocenters. The molecule has 10 heavy (non-hydrogen) atoms. The molecule has 0 amide bonds. The van der Waals surface area contributed by atoms with Gasteiger partial charge in [0, 0.05) is 17.8 Å². The molecule has 1 saturated carbocycles. The Kier molecular flexibility index (Phi) is 2.66. The first kappa shape index (κ1) is 7.51. The molecule has 0 saturated heterocycles. The summed E-state index contributed by atoms with van der Waals surface area (Å²) < 4.78 is 0. The fourth-order valence-corrected chi connectivity index (χ4v) is 1.47. The smallest absolute Gasteiger partial charge is 0.213 e. The largest absolute Gasteiger partial charge is 0.264 e. The number of hydrogen-bond donors (Lipinski definition) is 0. The van der Waals surface area contributed by atoms with Gasteiger partial charge in [0.2, 0.25) is 6.04 Å². The second kappa shape index (κ2) is 3.54. The van der Waals surface area contributed by atoms with Gasteiger partial charge in [-0.05, 0) is 12.8 Å². The van der Waals surface area contributed by atoms with Gasteiger partial charge in [0.15, 0.2) is 0 Å². The molecule has 0 bridgehead atoms. The van der Waals surface area contributed by atoms with Crippen molar-refractivity contribution in [2.75, 3.05) is 0 Å². The molecule has 0 N–H and O–H groups in total. The van der Waals surface area contributed by atoms with E-state index in [1.165, 1.54) is 12.8 Å². The van der Waals surface area contributed by atoms with Crippen molar-refractivity contribution < 1.29 is 4.92 Å². The predicted molar refractivity (Wildman–Crippen MR) is 38.5 cm³/mol. The molecule has 0 aliphatic heterocycles. The third kappa shape index (κ3) is 1.97. The van der Waals surface area contributed by atoms with E-state index in [4.69, 9.17) is 0 Å². The molecule has 58 valence electrons. The second-order valence-electron chi connectivity index (χ2n) is 2.93. The van der Waals surface area contributed by atoms with Crippen LogP contribution in [0, 0.1) is 10.1 Å². The highest BCUT2D eigenvalue weighted by atomic mass is 16.6. The van der Waals surface area contributed by atoms with E-state index in [0.29, 0.717) is 0 Å². The molecule has 0 atom stereocenters. The zero-order valence-corrected chi connectivity index (χ0v) is 6.08. The average molecular weight is 143 g/mol. The summed E-state index contributed by atoms with van der Waals surface area (Å²) in [6, 6.07) is -0.234. The molecule has 0 aromatic carbocycles. The van der Waals surface area contributed by atoms with Crippen LogP contribution in [0.4, 0.5) is 0 Å². The van der Waals surface area contributed by atoms with Gasteiger partial charge in [-0.3, -0.25) is 10.1 Å². The van der Waals surface area contributed by atoms with Gasteiger partial charge >= 0.3 is 0 Å². The molecule has 3 heteroatoms. The molecule has 1 fully saturated rings. The maximum atomic E-state index is 10.3.